The lowest BCUT2D eigenvalue weighted by Gasteiger charge is -2.41. The van der Waals surface area contributed by atoms with Crippen LogP contribution in [0.25, 0.3) is 0 Å². The van der Waals surface area contributed by atoms with Crippen molar-refractivity contribution in [2.45, 2.75) is 19.9 Å². The van der Waals surface area contributed by atoms with Crippen LogP contribution in [0.2, 0.25) is 0 Å². The van der Waals surface area contributed by atoms with Crippen LogP contribution in [0.15, 0.2) is 48.7 Å². The normalized spacial score (nSPS) is 15.4. The minimum Gasteiger partial charge on any atom is -0.341 e. The van der Waals surface area contributed by atoms with Gasteiger partial charge in [0.25, 0.3) is 0 Å². The number of rotatable bonds is 4. The zero-order chi connectivity index (χ0) is 18.0. The van der Waals surface area contributed by atoms with E-state index < -0.39 is 0 Å². The number of likely N-dealkylation sites (tertiary alicyclic amines) is 1. The third-order valence-electron chi connectivity index (χ3n) is 4.77. The molecule has 0 radical (unpaired) electrons. The average Bonchev–Trinajstić information content (AvgIpc) is 2.56. The lowest BCUT2D eigenvalue weighted by atomic mass is 9.95. The number of carbonyl (C=O) groups is 2. The summed E-state index contributed by atoms with van der Waals surface area (Å²) >= 11 is 0. The summed E-state index contributed by atoms with van der Waals surface area (Å²) in [4.78, 5) is 32.2. The van der Waals surface area contributed by atoms with E-state index in [9.17, 15) is 9.59 Å². The van der Waals surface area contributed by atoms with Gasteiger partial charge < -0.3 is 9.80 Å². The van der Waals surface area contributed by atoms with Crippen molar-refractivity contribution in [3.63, 3.8) is 0 Å². The highest BCUT2D eigenvalue weighted by molar-refractivity contribution is 5.84. The molecule has 1 unspecified atom stereocenters. The average molecular weight is 337 g/mol. The molecule has 1 aromatic carbocycles. The number of carbonyl (C=O) groups excluding carboxylic acids is 2. The molecule has 2 amide bonds. The van der Waals surface area contributed by atoms with Gasteiger partial charge in [0.15, 0.2) is 0 Å². The molecule has 3 rings (SSSR count). The molecule has 2 aromatic rings. The Hall–Kier alpha value is -2.69. The van der Waals surface area contributed by atoms with Crippen LogP contribution in [0.3, 0.4) is 0 Å². The molecule has 1 aliphatic heterocycles. The van der Waals surface area contributed by atoms with Crippen molar-refractivity contribution in [2.75, 3.05) is 20.1 Å². The number of aryl methyl sites for hydroxylation is 1. The molecule has 0 saturated carbocycles. The van der Waals surface area contributed by atoms with Crippen LogP contribution in [0, 0.1) is 12.8 Å². The second kappa shape index (κ2) is 7.05. The van der Waals surface area contributed by atoms with Crippen LogP contribution in [0.1, 0.15) is 29.8 Å². The van der Waals surface area contributed by atoms with Gasteiger partial charge in [0.05, 0.1) is 17.7 Å². The van der Waals surface area contributed by atoms with Gasteiger partial charge in [-0.15, -0.1) is 0 Å². The zero-order valence-corrected chi connectivity index (χ0v) is 14.8. The number of hydrogen-bond acceptors (Lipinski definition) is 3. The van der Waals surface area contributed by atoms with Crippen molar-refractivity contribution in [2.24, 2.45) is 5.92 Å². The van der Waals surface area contributed by atoms with Crippen molar-refractivity contribution >= 4 is 11.8 Å². The molecule has 0 N–H and O–H groups in total. The molecule has 2 heterocycles. The SMILES string of the molecule is CC(=O)N1CC(C(=O)N(C)C(c2ccc(C)cc2)c2ccccn2)C1. The summed E-state index contributed by atoms with van der Waals surface area (Å²) in [5, 5.41) is 0. The van der Waals surface area contributed by atoms with Crippen LogP contribution in [-0.4, -0.2) is 46.7 Å². The van der Waals surface area contributed by atoms with Gasteiger partial charge in [-0.25, -0.2) is 0 Å². The molecule has 1 saturated heterocycles. The molecule has 5 nitrogen and oxygen atoms in total. The second-order valence-electron chi connectivity index (χ2n) is 6.64. The number of hydrogen-bond donors (Lipinski definition) is 0. The summed E-state index contributed by atoms with van der Waals surface area (Å²) < 4.78 is 0. The van der Waals surface area contributed by atoms with Crippen LogP contribution in [-0.2, 0) is 9.59 Å². The minimum absolute atomic E-state index is 0.0199. The van der Waals surface area contributed by atoms with E-state index in [4.69, 9.17) is 0 Å². The Morgan fingerprint density at radius 2 is 1.84 bits per heavy atom. The predicted molar refractivity (Wildman–Crippen MR) is 95.8 cm³/mol. The van der Waals surface area contributed by atoms with E-state index in [2.05, 4.69) is 4.98 Å². The highest BCUT2D eigenvalue weighted by Gasteiger charge is 2.38. The summed E-state index contributed by atoms with van der Waals surface area (Å²) in [6.07, 6.45) is 1.75. The Labute approximate surface area is 148 Å². The Morgan fingerprint density at radius 3 is 2.40 bits per heavy atom. The third-order valence-corrected chi connectivity index (χ3v) is 4.77. The van der Waals surface area contributed by atoms with Gasteiger partial charge in [0.1, 0.15) is 0 Å². The Balaban J connectivity index is 1.85. The highest BCUT2D eigenvalue weighted by atomic mass is 16.2. The van der Waals surface area contributed by atoms with Gasteiger partial charge >= 0.3 is 0 Å². The molecule has 25 heavy (non-hydrogen) atoms. The fourth-order valence-corrected chi connectivity index (χ4v) is 3.19. The van der Waals surface area contributed by atoms with Crippen LogP contribution in [0.5, 0.6) is 0 Å². The van der Waals surface area contributed by atoms with Crippen molar-refractivity contribution in [1.29, 1.82) is 0 Å². The summed E-state index contributed by atoms with van der Waals surface area (Å²) in [6.45, 7) is 4.58. The molecule has 0 aliphatic carbocycles. The highest BCUT2D eigenvalue weighted by Crippen LogP contribution is 2.29. The summed E-state index contributed by atoms with van der Waals surface area (Å²) in [5.41, 5.74) is 3.04. The van der Waals surface area contributed by atoms with E-state index in [1.165, 1.54) is 12.5 Å². The molecule has 130 valence electrons. The van der Waals surface area contributed by atoms with E-state index >= 15 is 0 Å². The summed E-state index contributed by atoms with van der Waals surface area (Å²) in [5.74, 6) is -0.0641. The lowest BCUT2D eigenvalue weighted by Crippen LogP contribution is -2.55. The standard InChI is InChI=1S/C20H23N3O2/c1-14-7-9-16(10-8-14)19(18-6-4-5-11-21-18)22(3)20(25)17-12-23(13-17)15(2)24/h4-11,17,19H,12-13H2,1-3H3. The smallest absolute Gasteiger partial charge is 0.229 e. The van der Waals surface area contributed by atoms with Crippen LogP contribution < -0.4 is 0 Å². The summed E-state index contributed by atoms with van der Waals surface area (Å²) in [7, 11) is 1.82. The van der Waals surface area contributed by atoms with Gasteiger partial charge in [0.2, 0.25) is 11.8 Å². The van der Waals surface area contributed by atoms with Gasteiger partial charge in [-0.3, -0.25) is 14.6 Å². The fraction of sp³-hybridized carbons (Fsp3) is 0.350. The topological polar surface area (TPSA) is 53.5 Å². The molecule has 1 aromatic heterocycles. The molecule has 1 atom stereocenters. The van der Waals surface area contributed by atoms with Crippen LogP contribution >= 0.6 is 0 Å². The zero-order valence-electron chi connectivity index (χ0n) is 14.8. The fourth-order valence-electron chi connectivity index (χ4n) is 3.19. The molecule has 0 spiro atoms. The quantitative estimate of drug-likeness (QED) is 0.861. The number of nitrogens with zero attached hydrogens (tertiary/aromatic N) is 3. The molecule has 1 fully saturated rings. The van der Waals surface area contributed by atoms with E-state index in [-0.39, 0.29) is 23.8 Å². The first-order valence-electron chi connectivity index (χ1n) is 8.47. The van der Waals surface area contributed by atoms with Crippen molar-refractivity contribution in [3.05, 3.63) is 65.5 Å². The monoisotopic (exact) mass is 337 g/mol. The second-order valence-corrected chi connectivity index (χ2v) is 6.64. The number of amides is 2. The maximum Gasteiger partial charge on any atom is 0.229 e. The van der Waals surface area contributed by atoms with E-state index in [0.717, 1.165) is 11.3 Å². The Bertz CT molecular complexity index is 752. The predicted octanol–water partition coefficient (Wildman–Crippen LogP) is 2.42. The Kier molecular flexibility index (Phi) is 4.83. The first kappa shape index (κ1) is 17.1. The van der Waals surface area contributed by atoms with Crippen molar-refractivity contribution in [1.82, 2.24) is 14.8 Å². The van der Waals surface area contributed by atoms with E-state index in [1.54, 1.807) is 16.0 Å². The third kappa shape index (κ3) is 3.55. The summed E-state index contributed by atoms with van der Waals surface area (Å²) in [6, 6.07) is 13.7. The molecule has 1 aliphatic rings. The van der Waals surface area contributed by atoms with Gasteiger partial charge in [-0.05, 0) is 24.6 Å². The molecule has 0 bridgehead atoms. The lowest BCUT2D eigenvalue weighted by molar-refractivity contribution is -0.147. The Morgan fingerprint density at radius 1 is 1.16 bits per heavy atom. The first-order chi connectivity index (χ1) is 12.0. The van der Waals surface area contributed by atoms with E-state index in [0.29, 0.717) is 13.1 Å². The van der Waals surface area contributed by atoms with Gasteiger partial charge in [-0.1, -0.05) is 35.9 Å². The number of aromatic nitrogens is 1. The van der Waals surface area contributed by atoms with E-state index in [1.807, 2.05) is 56.4 Å². The number of benzene rings is 1. The van der Waals surface area contributed by atoms with Gasteiger partial charge in [0, 0.05) is 33.3 Å². The van der Waals surface area contributed by atoms with Gasteiger partial charge in [-0.2, -0.15) is 0 Å². The number of pyridine rings is 1. The van der Waals surface area contributed by atoms with Crippen molar-refractivity contribution in [3.8, 4) is 0 Å². The first-order valence-corrected chi connectivity index (χ1v) is 8.47. The largest absolute Gasteiger partial charge is 0.341 e. The van der Waals surface area contributed by atoms with Crippen molar-refractivity contribution < 1.29 is 9.59 Å². The molecule has 5 heteroatoms. The molecular formula is C20H23N3O2. The molecular weight excluding hydrogens is 314 g/mol. The minimum atomic E-state index is -0.235. The van der Waals surface area contributed by atoms with Crippen LogP contribution in [0.4, 0.5) is 0 Å². The maximum absolute atomic E-state index is 12.9. The maximum atomic E-state index is 12.9.